The number of hydroxylamine groups is 1. The number of fused-ring (bicyclic) bond motifs is 1. The van der Waals surface area contributed by atoms with Crippen LogP contribution in [0.3, 0.4) is 0 Å². The van der Waals surface area contributed by atoms with Crippen LogP contribution in [-0.4, -0.2) is 20.9 Å². The molecule has 0 aliphatic carbocycles. The summed E-state index contributed by atoms with van der Waals surface area (Å²) in [6.07, 6.45) is 0. The molecule has 1 aromatic carbocycles. The number of aromatic amines is 1. The number of hydrogen-bond acceptors (Lipinski definition) is 3. The summed E-state index contributed by atoms with van der Waals surface area (Å²) in [5.41, 5.74) is 2.38. The number of carbonyl (C=O) groups is 1. The smallest absolute Gasteiger partial charge is 0.274 e. The van der Waals surface area contributed by atoms with Gasteiger partial charge in [-0.3, -0.25) is 19.9 Å². The molecule has 0 bridgehead atoms. The normalized spacial score (nSPS) is 13.5. The van der Waals surface area contributed by atoms with Gasteiger partial charge < -0.3 is 0 Å². The van der Waals surface area contributed by atoms with Gasteiger partial charge >= 0.3 is 0 Å². The quantitative estimate of drug-likeness (QED) is 0.500. The highest BCUT2D eigenvalue weighted by Crippen LogP contribution is 2.09. The van der Waals surface area contributed by atoms with E-state index < -0.39 is 18.0 Å². The highest BCUT2D eigenvalue weighted by atomic mass is 16.5. The van der Waals surface area contributed by atoms with Gasteiger partial charge in [0.2, 0.25) is 0 Å². The Morgan fingerprint density at radius 3 is 3.12 bits per heavy atom. The van der Waals surface area contributed by atoms with Gasteiger partial charge in [-0.25, -0.2) is 10.2 Å². The van der Waals surface area contributed by atoms with Gasteiger partial charge in [0.25, 0.3) is 11.5 Å². The first-order valence-corrected chi connectivity index (χ1v) is 4.61. The minimum Gasteiger partial charge on any atom is -0.294 e. The fourth-order valence-electron chi connectivity index (χ4n) is 1.48. The van der Waals surface area contributed by atoms with Crippen LogP contribution in [0, 0.1) is 6.92 Å². The van der Waals surface area contributed by atoms with Crippen molar-refractivity contribution in [2.24, 2.45) is 0 Å². The number of hydrogen-bond donors (Lipinski definition) is 3. The highest BCUT2D eigenvalue weighted by molar-refractivity contribution is 5.80. The average Bonchev–Trinajstić information content (AvgIpc) is 2.64. The fourth-order valence-corrected chi connectivity index (χ4v) is 1.48. The second-order valence-electron chi connectivity index (χ2n) is 3.44. The molecule has 1 amide bonds. The molecule has 2 aromatic rings. The third-order valence-corrected chi connectivity index (χ3v) is 2.22. The first-order chi connectivity index (χ1) is 8.04. The fraction of sp³-hybridized carbons (Fsp3) is 0.200. The predicted molar refractivity (Wildman–Crippen MR) is 57.2 cm³/mol. The maximum atomic E-state index is 11.9. The summed E-state index contributed by atoms with van der Waals surface area (Å²) in [5.74, 6) is -0.977. The number of carbonyl (C=O) groups excluding carboxylic acids is 1. The van der Waals surface area contributed by atoms with Crippen molar-refractivity contribution in [3.8, 4) is 0 Å². The van der Waals surface area contributed by atoms with Crippen LogP contribution in [0.25, 0.3) is 10.9 Å². The Morgan fingerprint density at radius 1 is 1.69 bits per heavy atom. The predicted octanol–water partition coefficient (Wildman–Crippen LogP) is 0.143. The molecule has 0 aliphatic heterocycles. The summed E-state index contributed by atoms with van der Waals surface area (Å²) in [4.78, 5) is 22.9. The van der Waals surface area contributed by atoms with Crippen LogP contribution in [0.1, 0.15) is 6.93 Å². The second kappa shape index (κ2) is 3.82. The monoisotopic (exact) mass is 223 g/mol. The topological polar surface area (TPSA) is 87.1 Å². The average molecular weight is 223 g/mol. The van der Waals surface area contributed by atoms with Crippen molar-refractivity contribution < 1.29 is 11.4 Å². The van der Waals surface area contributed by atoms with Gasteiger partial charge in [0.05, 0.1) is 12.3 Å². The van der Waals surface area contributed by atoms with Gasteiger partial charge in [0.15, 0.2) is 0 Å². The Labute approximate surface area is 91.8 Å². The standard InChI is InChI=1S/C10H11N3O3/c1-6-2-3-7-8(4-6)11-13(10(7)15)5-9(14)12-16/h2-4,11,16H,5H2,1H3,(H,12,14)/i5T. The molecule has 0 aliphatic rings. The van der Waals surface area contributed by atoms with Gasteiger partial charge in [0, 0.05) is 0 Å². The van der Waals surface area contributed by atoms with E-state index in [4.69, 9.17) is 6.58 Å². The van der Waals surface area contributed by atoms with Crippen LogP contribution in [-0.2, 0) is 11.3 Å². The molecule has 0 saturated carbocycles. The maximum absolute atomic E-state index is 11.9. The first kappa shape index (κ1) is 9.17. The van der Waals surface area contributed by atoms with Crippen LogP contribution in [0.5, 0.6) is 0 Å². The van der Waals surface area contributed by atoms with Crippen molar-refractivity contribution in [1.82, 2.24) is 15.3 Å². The number of H-pyrrole nitrogens is 1. The Hall–Kier alpha value is -2.08. The van der Waals surface area contributed by atoms with Gasteiger partial charge in [-0.2, -0.15) is 0 Å². The zero-order chi connectivity index (χ0) is 12.6. The number of amides is 1. The van der Waals surface area contributed by atoms with E-state index >= 15 is 0 Å². The zero-order valence-electron chi connectivity index (χ0n) is 9.52. The van der Waals surface area contributed by atoms with Crippen LogP contribution in [0.15, 0.2) is 23.0 Å². The van der Waals surface area contributed by atoms with E-state index in [0.717, 1.165) is 10.2 Å². The summed E-state index contributed by atoms with van der Waals surface area (Å²) < 4.78 is 8.36. The van der Waals surface area contributed by atoms with Crippen molar-refractivity contribution >= 4 is 16.8 Å². The minimum atomic E-state index is -1.54. The van der Waals surface area contributed by atoms with Gasteiger partial charge in [-0.05, 0) is 24.6 Å². The molecule has 6 heteroatoms. The van der Waals surface area contributed by atoms with Gasteiger partial charge in [-0.15, -0.1) is 0 Å². The number of nitrogens with one attached hydrogen (secondary N) is 2. The van der Waals surface area contributed by atoms with Crippen molar-refractivity contribution in [2.45, 2.75) is 13.4 Å². The first-order valence-electron chi connectivity index (χ1n) is 5.19. The summed E-state index contributed by atoms with van der Waals surface area (Å²) in [6.45, 7) is 0.327. The molecule has 0 saturated heterocycles. The van der Waals surface area contributed by atoms with E-state index in [1.165, 1.54) is 5.48 Å². The molecular formula is C10H11N3O3. The lowest BCUT2D eigenvalue weighted by Gasteiger charge is -1.97. The van der Waals surface area contributed by atoms with Crippen molar-refractivity contribution in [3.63, 3.8) is 0 Å². The Balaban J connectivity index is 2.60. The third-order valence-electron chi connectivity index (χ3n) is 2.22. The molecule has 84 valence electrons. The third kappa shape index (κ3) is 1.70. The largest absolute Gasteiger partial charge is 0.294 e. The molecule has 1 aromatic heterocycles. The Morgan fingerprint density at radius 2 is 2.44 bits per heavy atom. The summed E-state index contributed by atoms with van der Waals surface area (Å²) in [5, 5.41) is 11.5. The molecule has 2 rings (SSSR count). The Bertz CT molecular complexity index is 631. The number of benzene rings is 1. The van der Waals surface area contributed by atoms with E-state index in [1.54, 1.807) is 18.2 Å². The zero-order valence-corrected chi connectivity index (χ0v) is 8.52. The minimum absolute atomic E-state index is 0.401. The van der Waals surface area contributed by atoms with E-state index in [-0.39, 0.29) is 0 Å². The van der Waals surface area contributed by atoms with Gasteiger partial charge in [-0.1, -0.05) is 6.07 Å². The van der Waals surface area contributed by atoms with E-state index in [0.29, 0.717) is 10.9 Å². The van der Waals surface area contributed by atoms with E-state index in [2.05, 4.69) is 5.10 Å². The lowest BCUT2D eigenvalue weighted by atomic mass is 10.2. The van der Waals surface area contributed by atoms with Gasteiger partial charge in [0.1, 0.15) is 6.52 Å². The lowest BCUT2D eigenvalue weighted by Crippen LogP contribution is -2.29. The van der Waals surface area contributed by atoms with Crippen LogP contribution in [0.4, 0.5) is 0 Å². The van der Waals surface area contributed by atoms with Crippen LogP contribution < -0.4 is 11.0 Å². The molecule has 1 unspecified atom stereocenters. The molecule has 0 fully saturated rings. The van der Waals surface area contributed by atoms with Crippen molar-refractivity contribution in [1.29, 1.82) is 0 Å². The summed E-state index contributed by atoms with van der Waals surface area (Å²) in [6, 6.07) is 5.15. The highest BCUT2D eigenvalue weighted by Gasteiger charge is 2.09. The van der Waals surface area contributed by atoms with Crippen molar-refractivity contribution in [3.05, 3.63) is 34.1 Å². The van der Waals surface area contributed by atoms with E-state index in [9.17, 15) is 9.59 Å². The number of aromatic nitrogens is 2. The van der Waals surface area contributed by atoms with Crippen LogP contribution >= 0.6 is 0 Å². The van der Waals surface area contributed by atoms with Crippen molar-refractivity contribution in [2.75, 3.05) is 0 Å². The molecule has 1 heterocycles. The second-order valence-corrected chi connectivity index (χ2v) is 3.44. The molecule has 16 heavy (non-hydrogen) atoms. The van der Waals surface area contributed by atoms with E-state index in [1.807, 2.05) is 6.92 Å². The SMILES string of the molecule is [3H]C(C(=O)NO)n1[nH]c2cc(C)ccc2c1=O. The number of aryl methyl sites for hydroxylation is 1. The number of rotatable bonds is 2. The summed E-state index contributed by atoms with van der Waals surface area (Å²) >= 11 is 0. The molecule has 0 radical (unpaired) electrons. The number of nitrogens with zero attached hydrogens (tertiary/aromatic N) is 1. The van der Waals surface area contributed by atoms with Crippen LogP contribution in [0.2, 0.25) is 0 Å². The molecule has 1 atom stereocenters. The molecule has 3 N–H and O–H groups in total. The Kier molecular flexibility index (Phi) is 2.19. The lowest BCUT2D eigenvalue weighted by molar-refractivity contribution is -0.130. The summed E-state index contributed by atoms with van der Waals surface area (Å²) in [7, 11) is 0. The molecule has 6 nitrogen and oxygen atoms in total. The maximum Gasteiger partial charge on any atom is 0.274 e. The molecular weight excluding hydrogens is 210 g/mol. The molecule has 0 spiro atoms.